The van der Waals surface area contributed by atoms with Crippen molar-refractivity contribution in [2.24, 2.45) is 5.92 Å². The largest absolute Gasteiger partial charge is 0.493 e. The molecule has 1 fully saturated rings. The number of aryl methyl sites for hydroxylation is 1. The van der Waals surface area contributed by atoms with Crippen LogP contribution in [-0.2, 0) is 27.3 Å². The number of rotatable bonds is 9. The van der Waals surface area contributed by atoms with E-state index in [1.165, 1.54) is 0 Å². The lowest BCUT2D eigenvalue weighted by Crippen LogP contribution is -2.22. The molecule has 9 heteroatoms. The normalized spacial score (nSPS) is 16.5. The van der Waals surface area contributed by atoms with Gasteiger partial charge in [0.15, 0.2) is 0 Å². The maximum atomic E-state index is 11.8. The summed E-state index contributed by atoms with van der Waals surface area (Å²) in [6.07, 6.45) is 2.55. The number of carbonyl (C=O) groups excluding carboxylic acids is 2. The van der Waals surface area contributed by atoms with Gasteiger partial charge in [0.2, 0.25) is 5.89 Å². The minimum atomic E-state index is -0.863. The topological polar surface area (TPSA) is 104 Å². The number of hydrogen-bond donors (Lipinski definition) is 1. The van der Waals surface area contributed by atoms with Crippen molar-refractivity contribution in [3.63, 3.8) is 0 Å². The molecule has 2 aromatic heterocycles. The molecule has 0 aliphatic carbocycles. The maximum Gasteiger partial charge on any atom is 0.345 e. The van der Waals surface area contributed by atoms with Gasteiger partial charge in [0, 0.05) is 12.6 Å². The van der Waals surface area contributed by atoms with Gasteiger partial charge in [0.1, 0.15) is 17.4 Å². The standard InChI is InChI=1S/C23H23N3O5S/c1-14-18(25-22(30-14)15(2)32-20-9-5-6-11-24-20)10-12-29-19-8-4-3-7-16(19)13-17-21(27)26-31-23(17)28/h3-9,11,15,17H,10,12-13H2,1-2H3,(H,26,27). The zero-order valence-corrected chi connectivity index (χ0v) is 18.6. The van der Waals surface area contributed by atoms with Crippen LogP contribution in [0, 0.1) is 12.8 Å². The molecule has 32 heavy (non-hydrogen) atoms. The molecule has 0 spiro atoms. The van der Waals surface area contributed by atoms with Crippen LogP contribution in [0.3, 0.4) is 0 Å². The quantitative estimate of drug-likeness (QED) is 0.387. The minimum absolute atomic E-state index is 0.0244. The third-order valence-corrected chi connectivity index (χ3v) is 6.08. The van der Waals surface area contributed by atoms with Crippen LogP contribution in [0.1, 0.15) is 35.1 Å². The van der Waals surface area contributed by atoms with Crippen molar-refractivity contribution in [3.05, 3.63) is 71.6 Å². The lowest BCUT2D eigenvalue weighted by atomic mass is 9.99. The van der Waals surface area contributed by atoms with Crippen molar-refractivity contribution < 1.29 is 23.6 Å². The summed E-state index contributed by atoms with van der Waals surface area (Å²) in [5.74, 6) is 0.162. The zero-order chi connectivity index (χ0) is 22.5. The molecule has 4 rings (SSSR count). The number of nitrogens with one attached hydrogen (secondary N) is 1. The lowest BCUT2D eigenvalue weighted by Gasteiger charge is -2.12. The number of nitrogens with zero attached hydrogens (tertiary/aromatic N) is 2. The first-order valence-corrected chi connectivity index (χ1v) is 11.1. The van der Waals surface area contributed by atoms with Crippen molar-refractivity contribution in [3.8, 4) is 5.75 Å². The van der Waals surface area contributed by atoms with Crippen molar-refractivity contribution in [1.82, 2.24) is 15.4 Å². The van der Waals surface area contributed by atoms with E-state index in [-0.39, 0.29) is 11.7 Å². The molecule has 1 aliphatic rings. The highest BCUT2D eigenvalue weighted by Crippen LogP contribution is 2.33. The summed E-state index contributed by atoms with van der Waals surface area (Å²) in [5.41, 5.74) is 3.71. The second kappa shape index (κ2) is 9.86. The SMILES string of the molecule is Cc1oc(C(C)Sc2ccccn2)nc1CCOc1ccccc1CC1C(=O)NOC1=O. The van der Waals surface area contributed by atoms with Crippen LogP contribution >= 0.6 is 11.8 Å². The van der Waals surface area contributed by atoms with E-state index in [0.29, 0.717) is 24.7 Å². The molecule has 1 saturated heterocycles. The van der Waals surface area contributed by atoms with E-state index in [4.69, 9.17) is 9.15 Å². The summed E-state index contributed by atoms with van der Waals surface area (Å²) in [5, 5.41) is 0.938. The summed E-state index contributed by atoms with van der Waals surface area (Å²) in [6, 6.07) is 13.1. The molecule has 1 aromatic carbocycles. The monoisotopic (exact) mass is 453 g/mol. The van der Waals surface area contributed by atoms with Gasteiger partial charge < -0.3 is 14.0 Å². The number of hydrogen-bond acceptors (Lipinski definition) is 8. The number of hydroxylamine groups is 1. The third-order valence-electron chi connectivity index (χ3n) is 5.04. The first-order valence-electron chi connectivity index (χ1n) is 10.3. The zero-order valence-electron chi connectivity index (χ0n) is 17.7. The van der Waals surface area contributed by atoms with Crippen molar-refractivity contribution in [2.75, 3.05) is 6.61 Å². The Kier molecular flexibility index (Phi) is 6.75. The molecule has 3 heterocycles. The molecule has 2 atom stereocenters. The maximum absolute atomic E-state index is 11.8. The van der Waals surface area contributed by atoms with Crippen LogP contribution in [0.25, 0.3) is 0 Å². The molecule has 1 aliphatic heterocycles. The molecule has 0 bridgehead atoms. The summed E-state index contributed by atoms with van der Waals surface area (Å²) in [6.45, 7) is 4.31. The summed E-state index contributed by atoms with van der Waals surface area (Å²) in [4.78, 5) is 37.1. The Morgan fingerprint density at radius 3 is 2.75 bits per heavy atom. The second-order valence-electron chi connectivity index (χ2n) is 7.33. The molecule has 8 nitrogen and oxygen atoms in total. The number of aromatic nitrogens is 2. The van der Waals surface area contributed by atoms with Crippen LogP contribution in [0.15, 0.2) is 58.1 Å². The first-order chi connectivity index (χ1) is 15.5. The lowest BCUT2D eigenvalue weighted by molar-refractivity contribution is -0.146. The van der Waals surface area contributed by atoms with Gasteiger partial charge in [-0.05, 0) is 44.0 Å². The van der Waals surface area contributed by atoms with E-state index in [1.807, 2.05) is 56.3 Å². The minimum Gasteiger partial charge on any atom is -0.493 e. The van der Waals surface area contributed by atoms with Crippen LogP contribution < -0.4 is 10.2 Å². The number of oxazole rings is 1. The molecular weight excluding hydrogens is 430 g/mol. The van der Waals surface area contributed by atoms with Gasteiger partial charge in [0.05, 0.1) is 22.6 Å². The van der Waals surface area contributed by atoms with Gasteiger partial charge in [0.25, 0.3) is 5.91 Å². The van der Waals surface area contributed by atoms with E-state index in [9.17, 15) is 9.59 Å². The van der Waals surface area contributed by atoms with E-state index >= 15 is 0 Å². The smallest absolute Gasteiger partial charge is 0.345 e. The predicted octanol–water partition coefficient (Wildman–Crippen LogP) is 3.60. The van der Waals surface area contributed by atoms with Gasteiger partial charge >= 0.3 is 5.97 Å². The molecule has 0 radical (unpaired) electrons. The number of carbonyl (C=O) groups is 2. The third kappa shape index (κ3) is 5.11. The van der Waals surface area contributed by atoms with Gasteiger partial charge in [-0.2, -0.15) is 5.48 Å². The fourth-order valence-electron chi connectivity index (χ4n) is 3.32. The molecule has 1 N–H and O–H groups in total. The number of ether oxygens (including phenoxy) is 1. The molecular formula is C23H23N3O5S. The average molecular weight is 454 g/mol. The fourth-order valence-corrected chi connectivity index (χ4v) is 4.16. The Bertz CT molecular complexity index is 1090. The van der Waals surface area contributed by atoms with Crippen LogP contribution in [-0.4, -0.2) is 28.5 Å². The molecule has 0 saturated carbocycles. The van der Waals surface area contributed by atoms with E-state index in [1.54, 1.807) is 18.0 Å². The van der Waals surface area contributed by atoms with E-state index in [2.05, 4.69) is 20.3 Å². The Morgan fingerprint density at radius 1 is 1.19 bits per heavy atom. The molecule has 3 aromatic rings. The Hall–Kier alpha value is -3.33. The Morgan fingerprint density at radius 2 is 2.00 bits per heavy atom. The van der Waals surface area contributed by atoms with Crippen LogP contribution in [0.4, 0.5) is 0 Å². The van der Waals surface area contributed by atoms with Gasteiger partial charge in [-0.3, -0.25) is 4.79 Å². The van der Waals surface area contributed by atoms with E-state index in [0.717, 1.165) is 22.0 Å². The summed E-state index contributed by atoms with van der Waals surface area (Å²) < 4.78 is 11.8. The number of thioether (sulfide) groups is 1. The highest BCUT2D eigenvalue weighted by Gasteiger charge is 2.36. The number of benzene rings is 1. The Labute approximate surface area is 189 Å². The Balaban J connectivity index is 1.36. The molecule has 2 unspecified atom stereocenters. The molecule has 1 amide bonds. The fraction of sp³-hybridized carbons (Fsp3) is 0.304. The number of pyridine rings is 1. The van der Waals surface area contributed by atoms with Crippen molar-refractivity contribution in [2.45, 2.75) is 37.0 Å². The highest BCUT2D eigenvalue weighted by molar-refractivity contribution is 7.99. The van der Waals surface area contributed by atoms with E-state index < -0.39 is 17.8 Å². The van der Waals surface area contributed by atoms with Crippen molar-refractivity contribution >= 4 is 23.6 Å². The van der Waals surface area contributed by atoms with Crippen LogP contribution in [0.5, 0.6) is 5.75 Å². The summed E-state index contributed by atoms with van der Waals surface area (Å²) in [7, 11) is 0. The highest BCUT2D eigenvalue weighted by atomic mass is 32.2. The van der Waals surface area contributed by atoms with Gasteiger partial charge in [-0.15, -0.1) is 0 Å². The number of amides is 1. The first kappa shape index (κ1) is 21.9. The summed E-state index contributed by atoms with van der Waals surface area (Å²) >= 11 is 1.59. The van der Waals surface area contributed by atoms with Crippen molar-refractivity contribution in [1.29, 1.82) is 0 Å². The molecule has 166 valence electrons. The number of para-hydroxylation sites is 1. The predicted molar refractivity (Wildman–Crippen MR) is 117 cm³/mol. The van der Waals surface area contributed by atoms with Gasteiger partial charge in [-0.25, -0.2) is 14.8 Å². The van der Waals surface area contributed by atoms with Crippen LogP contribution in [0.2, 0.25) is 0 Å². The average Bonchev–Trinajstić information content (AvgIpc) is 3.32. The second-order valence-corrected chi connectivity index (χ2v) is 8.69. The van der Waals surface area contributed by atoms with Gasteiger partial charge in [-0.1, -0.05) is 36.0 Å².